The van der Waals surface area contributed by atoms with Crippen molar-refractivity contribution in [2.24, 2.45) is 5.73 Å². The van der Waals surface area contributed by atoms with Gasteiger partial charge in [-0.25, -0.2) is 0 Å². The van der Waals surface area contributed by atoms with Gasteiger partial charge in [0.15, 0.2) is 0 Å². The van der Waals surface area contributed by atoms with Crippen LogP contribution in [0.3, 0.4) is 0 Å². The Bertz CT molecular complexity index is 128. The van der Waals surface area contributed by atoms with E-state index < -0.39 is 12.0 Å². The molecule has 0 saturated carbocycles. The molecular weight excluding hydrogens is 138 g/mol. The van der Waals surface area contributed by atoms with Crippen LogP contribution in [-0.4, -0.2) is 23.9 Å². The highest BCUT2D eigenvalue weighted by Crippen LogP contribution is 2.17. The summed E-state index contributed by atoms with van der Waals surface area (Å²) in [5, 5.41) is 0.00231. The number of hydrogen-bond donors (Lipinski definition) is 2. The van der Waals surface area contributed by atoms with Crippen molar-refractivity contribution in [1.82, 2.24) is 0 Å². The van der Waals surface area contributed by atoms with Crippen molar-refractivity contribution in [2.75, 3.05) is 6.61 Å². The van der Waals surface area contributed by atoms with E-state index in [-0.39, 0.29) is 5.25 Å². The molecule has 0 aromatic heterocycles. The minimum atomic E-state index is -0.465. The molecule has 0 aliphatic carbocycles. The zero-order valence-electron chi connectivity index (χ0n) is 4.91. The molecule has 0 spiro atoms. The summed E-state index contributed by atoms with van der Waals surface area (Å²) >= 11 is 4.10. The predicted molar refractivity (Wildman–Crippen MR) is 36.3 cm³/mol. The molecule has 9 heavy (non-hydrogen) atoms. The van der Waals surface area contributed by atoms with Gasteiger partial charge in [-0.15, -0.1) is 0 Å². The molecule has 3 nitrogen and oxygen atoms in total. The molecule has 1 rings (SSSR count). The first-order valence-corrected chi connectivity index (χ1v) is 3.32. The fourth-order valence-electron chi connectivity index (χ4n) is 0.850. The van der Waals surface area contributed by atoms with Gasteiger partial charge in [-0.3, -0.25) is 4.79 Å². The number of primary amides is 1. The lowest BCUT2D eigenvalue weighted by Gasteiger charge is -2.07. The average Bonchev–Trinajstić information content (AvgIpc) is 2.13. The molecule has 0 aromatic rings. The van der Waals surface area contributed by atoms with Gasteiger partial charge in [-0.2, -0.15) is 12.6 Å². The molecule has 1 aliphatic heterocycles. The zero-order valence-corrected chi connectivity index (χ0v) is 5.80. The van der Waals surface area contributed by atoms with Crippen molar-refractivity contribution in [1.29, 1.82) is 0 Å². The second-order valence-electron chi connectivity index (χ2n) is 2.05. The van der Waals surface area contributed by atoms with Crippen LogP contribution in [0.5, 0.6) is 0 Å². The van der Waals surface area contributed by atoms with Gasteiger partial charge in [-0.1, -0.05) is 0 Å². The Balaban J connectivity index is 2.49. The predicted octanol–water partition coefficient (Wildman–Crippen LogP) is -0.441. The first-order chi connectivity index (χ1) is 4.22. The largest absolute Gasteiger partial charge is 0.367 e. The van der Waals surface area contributed by atoms with Crippen LogP contribution < -0.4 is 5.73 Å². The van der Waals surface area contributed by atoms with Crippen LogP contribution in [0.4, 0.5) is 0 Å². The molecule has 0 radical (unpaired) electrons. The number of ether oxygens (including phenoxy) is 1. The summed E-state index contributed by atoms with van der Waals surface area (Å²) in [7, 11) is 0. The summed E-state index contributed by atoms with van der Waals surface area (Å²) in [6.45, 7) is 0.599. The van der Waals surface area contributed by atoms with Crippen molar-refractivity contribution < 1.29 is 9.53 Å². The minimum absolute atomic E-state index is 0.00231. The highest BCUT2D eigenvalue weighted by atomic mass is 32.1. The topological polar surface area (TPSA) is 52.3 Å². The second-order valence-corrected chi connectivity index (χ2v) is 2.71. The quantitative estimate of drug-likeness (QED) is 0.494. The van der Waals surface area contributed by atoms with Gasteiger partial charge in [0.25, 0.3) is 0 Å². The monoisotopic (exact) mass is 147 g/mol. The number of rotatable bonds is 1. The smallest absolute Gasteiger partial charge is 0.247 e. The van der Waals surface area contributed by atoms with Crippen molar-refractivity contribution in [3.8, 4) is 0 Å². The van der Waals surface area contributed by atoms with Gasteiger partial charge in [0.05, 0.1) is 0 Å². The van der Waals surface area contributed by atoms with E-state index in [1.807, 2.05) is 0 Å². The molecule has 4 heteroatoms. The van der Waals surface area contributed by atoms with Gasteiger partial charge in [0, 0.05) is 11.9 Å². The Morgan fingerprint density at radius 3 is 2.67 bits per heavy atom. The van der Waals surface area contributed by atoms with E-state index in [2.05, 4.69) is 12.6 Å². The third-order valence-corrected chi connectivity index (χ3v) is 1.87. The highest BCUT2D eigenvalue weighted by molar-refractivity contribution is 7.81. The lowest BCUT2D eigenvalue weighted by Crippen LogP contribution is -2.33. The van der Waals surface area contributed by atoms with Crippen LogP contribution in [-0.2, 0) is 9.53 Å². The summed E-state index contributed by atoms with van der Waals surface area (Å²) < 4.78 is 4.98. The summed E-state index contributed by atoms with van der Waals surface area (Å²) in [6.07, 6.45) is 0.352. The molecule has 52 valence electrons. The summed E-state index contributed by atoms with van der Waals surface area (Å²) in [6, 6.07) is 0. The van der Waals surface area contributed by atoms with Crippen LogP contribution >= 0.6 is 12.6 Å². The molecule has 1 heterocycles. The number of amides is 1. The lowest BCUT2D eigenvalue weighted by molar-refractivity contribution is -0.126. The molecule has 1 saturated heterocycles. The third-order valence-electron chi connectivity index (χ3n) is 1.34. The Labute approximate surface area is 59.0 Å². The fourth-order valence-corrected chi connectivity index (χ4v) is 1.19. The summed E-state index contributed by atoms with van der Waals surface area (Å²) in [5.74, 6) is -0.410. The zero-order chi connectivity index (χ0) is 6.85. The van der Waals surface area contributed by atoms with E-state index in [0.29, 0.717) is 6.61 Å². The Kier molecular flexibility index (Phi) is 1.97. The maximum absolute atomic E-state index is 10.5. The summed E-state index contributed by atoms with van der Waals surface area (Å²) in [4.78, 5) is 10.5. The first kappa shape index (κ1) is 6.89. The maximum atomic E-state index is 10.5. The molecule has 1 amide bonds. The average molecular weight is 147 g/mol. The first-order valence-electron chi connectivity index (χ1n) is 2.81. The van der Waals surface area contributed by atoms with E-state index in [1.54, 1.807) is 0 Å². The lowest BCUT2D eigenvalue weighted by atomic mass is 10.2. The summed E-state index contributed by atoms with van der Waals surface area (Å²) in [5.41, 5.74) is 4.98. The number of hydrogen-bond acceptors (Lipinski definition) is 3. The van der Waals surface area contributed by atoms with Crippen LogP contribution in [0.1, 0.15) is 6.42 Å². The molecule has 0 aromatic carbocycles. The number of carbonyl (C=O) groups excluding carboxylic acids is 1. The Morgan fingerprint density at radius 2 is 2.44 bits per heavy atom. The molecule has 0 bridgehead atoms. The Morgan fingerprint density at radius 1 is 1.78 bits per heavy atom. The van der Waals surface area contributed by atoms with Crippen LogP contribution in [0, 0.1) is 0 Å². The molecule has 2 unspecified atom stereocenters. The number of carbonyl (C=O) groups is 1. The molecular formula is C5H9NO2S. The number of thiol groups is 1. The molecule has 2 atom stereocenters. The molecule has 1 aliphatic rings. The van der Waals surface area contributed by atoms with E-state index in [9.17, 15) is 4.79 Å². The Hall–Kier alpha value is -0.220. The SMILES string of the molecule is NC(=O)C1OCCC1S. The molecule has 1 fully saturated rings. The van der Waals surface area contributed by atoms with Crippen LogP contribution in [0.25, 0.3) is 0 Å². The van der Waals surface area contributed by atoms with Crippen LogP contribution in [0.15, 0.2) is 0 Å². The highest BCUT2D eigenvalue weighted by Gasteiger charge is 2.29. The van der Waals surface area contributed by atoms with Gasteiger partial charge in [0.2, 0.25) is 5.91 Å². The molecule has 2 N–H and O–H groups in total. The number of nitrogens with two attached hydrogens (primary N) is 1. The van der Waals surface area contributed by atoms with Gasteiger partial charge in [-0.05, 0) is 6.42 Å². The van der Waals surface area contributed by atoms with Crippen molar-refractivity contribution >= 4 is 18.5 Å². The van der Waals surface area contributed by atoms with Crippen LogP contribution in [0.2, 0.25) is 0 Å². The van der Waals surface area contributed by atoms with Crippen molar-refractivity contribution in [3.63, 3.8) is 0 Å². The van der Waals surface area contributed by atoms with Gasteiger partial charge in [0.1, 0.15) is 6.10 Å². The van der Waals surface area contributed by atoms with Gasteiger partial charge < -0.3 is 10.5 Å². The van der Waals surface area contributed by atoms with E-state index in [0.717, 1.165) is 6.42 Å². The van der Waals surface area contributed by atoms with Gasteiger partial charge >= 0.3 is 0 Å². The van der Waals surface area contributed by atoms with E-state index in [4.69, 9.17) is 10.5 Å². The fraction of sp³-hybridized carbons (Fsp3) is 0.800. The second kappa shape index (κ2) is 2.58. The minimum Gasteiger partial charge on any atom is -0.367 e. The normalized spacial score (nSPS) is 34.8. The van der Waals surface area contributed by atoms with Crippen molar-refractivity contribution in [2.45, 2.75) is 17.8 Å². The van der Waals surface area contributed by atoms with Crippen molar-refractivity contribution in [3.05, 3.63) is 0 Å². The van der Waals surface area contributed by atoms with E-state index in [1.165, 1.54) is 0 Å². The third kappa shape index (κ3) is 1.37. The van der Waals surface area contributed by atoms with E-state index >= 15 is 0 Å². The standard InChI is InChI=1S/C5H9NO2S/c6-5(7)4-3(9)1-2-8-4/h3-4,9H,1-2H2,(H2,6,7). The maximum Gasteiger partial charge on any atom is 0.247 e.